The molecule has 1 rings (SSSR count). The zero-order chi connectivity index (χ0) is 11.4. The molecule has 1 unspecified atom stereocenters. The first kappa shape index (κ1) is 11.6. The van der Waals surface area contributed by atoms with E-state index in [-0.39, 0.29) is 11.9 Å². The number of aryl methyl sites for hydroxylation is 1. The minimum Gasteiger partial charge on any atom is -0.339 e. The molecular weight excluding hydrogens is 210 g/mol. The fraction of sp³-hybridized carbons (Fsp3) is 0.250. The van der Waals surface area contributed by atoms with Gasteiger partial charge in [0.15, 0.2) is 0 Å². The number of hydrogen-bond acceptors (Lipinski definition) is 1. The van der Waals surface area contributed by atoms with E-state index < -0.39 is 0 Å². The third-order valence-electron chi connectivity index (χ3n) is 2.03. The van der Waals surface area contributed by atoms with E-state index in [0.717, 1.165) is 5.56 Å². The number of nitrogens with one attached hydrogen (secondary N) is 1. The van der Waals surface area contributed by atoms with Gasteiger partial charge in [-0.25, -0.2) is 0 Å². The molecule has 0 aliphatic carbocycles. The van der Waals surface area contributed by atoms with E-state index in [9.17, 15) is 4.79 Å². The van der Waals surface area contributed by atoms with Crippen molar-refractivity contribution in [2.24, 2.45) is 0 Å². The van der Waals surface area contributed by atoms with Gasteiger partial charge in [-0.1, -0.05) is 29.7 Å². The number of benzene rings is 1. The third-order valence-corrected chi connectivity index (χ3v) is 2.54. The molecule has 0 aliphatic heterocycles. The summed E-state index contributed by atoms with van der Waals surface area (Å²) in [5, 5.41) is 3.13. The SMILES string of the molecule is C#CC(C)NC(=O)c1cccc(C)c1Cl. The van der Waals surface area contributed by atoms with E-state index in [4.69, 9.17) is 18.0 Å². The smallest absolute Gasteiger partial charge is 0.253 e. The average molecular weight is 222 g/mol. The molecule has 0 fully saturated rings. The maximum absolute atomic E-state index is 11.7. The molecule has 0 radical (unpaired) electrons. The summed E-state index contributed by atoms with van der Waals surface area (Å²) in [6, 6.07) is 5.02. The van der Waals surface area contributed by atoms with Crippen LogP contribution < -0.4 is 5.32 Å². The Morgan fingerprint density at radius 2 is 2.27 bits per heavy atom. The lowest BCUT2D eigenvalue weighted by Gasteiger charge is -2.09. The first-order valence-corrected chi connectivity index (χ1v) is 4.96. The molecule has 0 spiro atoms. The van der Waals surface area contributed by atoms with E-state index in [1.54, 1.807) is 19.1 Å². The van der Waals surface area contributed by atoms with Crippen molar-refractivity contribution in [3.63, 3.8) is 0 Å². The molecule has 15 heavy (non-hydrogen) atoms. The molecule has 1 aromatic carbocycles. The van der Waals surface area contributed by atoms with Crippen molar-refractivity contribution >= 4 is 17.5 Å². The Hall–Kier alpha value is -1.46. The molecule has 0 heterocycles. The first-order valence-electron chi connectivity index (χ1n) is 4.58. The van der Waals surface area contributed by atoms with Gasteiger partial charge in [0, 0.05) is 0 Å². The van der Waals surface area contributed by atoms with Crippen molar-refractivity contribution in [3.8, 4) is 12.3 Å². The largest absolute Gasteiger partial charge is 0.339 e. The van der Waals surface area contributed by atoms with Crippen molar-refractivity contribution in [3.05, 3.63) is 34.3 Å². The fourth-order valence-corrected chi connectivity index (χ4v) is 1.35. The van der Waals surface area contributed by atoms with Crippen LogP contribution in [-0.4, -0.2) is 11.9 Å². The van der Waals surface area contributed by atoms with E-state index in [2.05, 4.69) is 11.2 Å². The minimum atomic E-state index is -0.297. The Kier molecular flexibility index (Phi) is 3.76. The molecule has 1 aromatic rings. The van der Waals surface area contributed by atoms with Crippen LogP contribution in [0.2, 0.25) is 5.02 Å². The van der Waals surface area contributed by atoms with Crippen molar-refractivity contribution in [1.29, 1.82) is 0 Å². The van der Waals surface area contributed by atoms with Gasteiger partial charge in [-0.3, -0.25) is 4.79 Å². The molecule has 2 nitrogen and oxygen atoms in total. The summed E-state index contributed by atoms with van der Waals surface area (Å²) in [5.41, 5.74) is 1.33. The summed E-state index contributed by atoms with van der Waals surface area (Å²) in [4.78, 5) is 11.7. The highest BCUT2D eigenvalue weighted by molar-refractivity contribution is 6.34. The van der Waals surface area contributed by atoms with Crippen molar-refractivity contribution in [2.75, 3.05) is 0 Å². The molecule has 1 amide bonds. The Morgan fingerprint density at radius 1 is 1.60 bits per heavy atom. The Bertz CT molecular complexity index is 420. The molecular formula is C12H12ClNO. The molecule has 0 aliphatic rings. The van der Waals surface area contributed by atoms with Gasteiger partial charge in [-0.15, -0.1) is 6.42 Å². The fourth-order valence-electron chi connectivity index (χ4n) is 1.14. The normalized spacial score (nSPS) is 11.6. The number of carbonyl (C=O) groups excluding carboxylic acids is 1. The third kappa shape index (κ3) is 2.74. The van der Waals surface area contributed by atoms with E-state index in [1.165, 1.54) is 0 Å². The monoisotopic (exact) mass is 221 g/mol. The molecule has 0 bridgehead atoms. The molecule has 0 saturated heterocycles. The van der Waals surface area contributed by atoms with E-state index in [0.29, 0.717) is 10.6 Å². The molecule has 1 N–H and O–H groups in total. The summed E-state index contributed by atoms with van der Waals surface area (Å²) >= 11 is 6.00. The number of carbonyl (C=O) groups is 1. The topological polar surface area (TPSA) is 29.1 Å². The number of halogens is 1. The van der Waals surface area contributed by atoms with Gasteiger partial charge in [-0.05, 0) is 25.5 Å². The summed E-state index contributed by atoms with van der Waals surface area (Å²) in [5.74, 6) is 2.18. The van der Waals surface area contributed by atoms with E-state index in [1.807, 2.05) is 13.0 Å². The van der Waals surface area contributed by atoms with Gasteiger partial charge in [0.1, 0.15) is 0 Å². The predicted octanol–water partition coefficient (Wildman–Crippen LogP) is 2.40. The number of amides is 1. The Labute approximate surface area is 94.6 Å². The van der Waals surface area contributed by atoms with Crippen LogP contribution in [0.1, 0.15) is 22.8 Å². The molecule has 3 heteroatoms. The molecule has 0 saturated carbocycles. The summed E-state index contributed by atoms with van der Waals surface area (Å²) in [6.45, 7) is 3.59. The summed E-state index contributed by atoms with van der Waals surface area (Å²) < 4.78 is 0. The van der Waals surface area contributed by atoms with Crippen LogP contribution >= 0.6 is 11.6 Å². The van der Waals surface area contributed by atoms with Gasteiger partial charge < -0.3 is 5.32 Å². The molecule has 0 aromatic heterocycles. The van der Waals surface area contributed by atoms with Crippen LogP contribution in [0.15, 0.2) is 18.2 Å². The highest BCUT2D eigenvalue weighted by atomic mass is 35.5. The number of hydrogen-bond donors (Lipinski definition) is 1. The standard InChI is InChI=1S/C12H12ClNO/c1-4-9(3)14-12(15)10-7-5-6-8(2)11(10)13/h1,5-7,9H,2-3H3,(H,14,15). The number of rotatable bonds is 2. The summed E-state index contributed by atoms with van der Waals surface area (Å²) in [6.07, 6.45) is 5.17. The highest BCUT2D eigenvalue weighted by Crippen LogP contribution is 2.19. The quantitative estimate of drug-likeness (QED) is 0.764. The zero-order valence-corrected chi connectivity index (χ0v) is 9.43. The van der Waals surface area contributed by atoms with Gasteiger partial charge in [0.25, 0.3) is 5.91 Å². The maximum atomic E-state index is 11.7. The second kappa shape index (κ2) is 4.86. The van der Waals surface area contributed by atoms with Crippen molar-refractivity contribution in [1.82, 2.24) is 5.32 Å². The highest BCUT2D eigenvalue weighted by Gasteiger charge is 2.12. The van der Waals surface area contributed by atoms with Gasteiger partial charge in [0.05, 0.1) is 16.6 Å². The van der Waals surface area contributed by atoms with Crippen LogP contribution in [0.5, 0.6) is 0 Å². The second-order valence-corrected chi connectivity index (χ2v) is 3.68. The predicted molar refractivity (Wildman–Crippen MR) is 62.0 cm³/mol. The van der Waals surface area contributed by atoms with Crippen LogP contribution in [0.3, 0.4) is 0 Å². The van der Waals surface area contributed by atoms with Crippen LogP contribution in [0.25, 0.3) is 0 Å². The van der Waals surface area contributed by atoms with Crippen molar-refractivity contribution in [2.45, 2.75) is 19.9 Å². The minimum absolute atomic E-state index is 0.242. The van der Waals surface area contributed by atoms with Crippen molar-refractivity contribution < 1.29 is 4.79 Å². The average Bonchev–Trinajstić information content (AvgIpc) is 2.21. The van der Waals surface area contributed by atoms with Crippen LogP contribution in [0, 0.1) is 19.3 Å². The van der Waals surface area contributed by atoms with Crippen LogP contribution in [0.4, 0.5) is 0 Å². The van der Waals surface area contributed by atoms with Gasteiger partial charge in [-0.2, -0.15) is 0 Å². The number of terminal acetylenes is 1. The molecule has 78 valence electrons. The molecule has 1 atom stereocenters. The summed E-state index contributed by atoms with van der Waals surface area (Å²) in [7, 11) is 0. The lowest BCUT2D eigenvalue weighted by Crippen LogP contribution is -2.31. The zero-order valence-electron chi connectivity index (χ0n) is 8.67. The van der Waals surface area contributed by atoms with E-state index >= 15 is 0 Å². The Balaban J connectivity index is 2.93. The lowest BCUT2D eigenvalue weighted by atomic mass is 10.1. The van der Waals surface area contributed by atoms with Crippen LogP contribution in [-0.2, 0) is 0 Å². The lowest BCUT2D eigenvalue weighted by molar-refractivity contribution is 0.0948. The maximum Gasteiger partial charge on any atom is 0.253 e. The van der Waals surface area contributed by atoms with Gasteiger partial charge >= 0.3 is 0 Å². The first-order chi connectivity index (χ1) is 7.06. The second-order valence-electron chi connectivity index (χ2n) is 3.30. The van der Waals surface area contributed by atoms with Gasteiger partial charge in [0.2, 0.25) is 0 Å². The Morgan fingerprint density at radius 3 is 2.87 bits per heavy atom.